The van der Waals surface area contributed by atoms with E-state index < -0.39 is 24.8 Å². The fourth-order valence-corrected chi connectivity index (χ4v) is 4.68. The Kier molecular flexibility index (Phi) is 26.4. The maximum atomic E-state index is 12.3. The summed E-state index contributed by atoms with van der Waals surface area (Å²) in [7, 11) is 0. The molecule has 0 heterocycles. The van der Waals surface area contributed by atoms with Gasteiger partial charge in [-0.2, -0.15) is 0 Å². The summed E-state index contributed by atoms with van der Waals surface area (Å²) in [5.74, 6) is -0.779. The molecule has 2 N–H and O–H groups in total. The van der Waals surface area contributed by atoms with Gasteiger partial charge in [0.2, 0.25) is 0 Å². The van der Waals surface area contributed by atoms with Gasteiger partial charge in [0.05, 0.1) is 6.61 Å². The van der Waals surface area contributed by atoms with Crippen LogP contribution < -0.4 is 0 Å². The highest BCUT2D eigenvalue weighted by molar-refractivity contribution is 5.83. The van der Waals surface area contributed by atoms with Crippen molar-refractivity contribution in [1.82, 2.24) is 0 Å². The summed E-state index contributed by atoms with van der Waals surface area (Å²) >= 11 is 0. The first-order valence-corrected chi connectivity index (χ1v) is 15.6. The van der Waals surface area contributed by atoms with Crippen LogP contribution in [0.4, 0.5) is 0 Å². The summed E-state index contributed by atoms with van der Waals surface area (Å²) < 4.78 is 5.22. The van der Waals surface area contributed by atoms with Crippen LogP contribution in [0.15, 0.2) is 0 Å². The molecule has 0 rings (SSSR count). The predicted molar refractivity (Wildman–Crippen MR) is 150 cm³/mol. The third-order valence-electron chi connectivity index (χ3n) is 7.16. The van der Waals surface area contributed by atoms with Gasteiger partial charge >= 0.3 is 5.97 Å². The number of esters is 1. The molecule has 0 aromatic carbocycles. The van der Waals surface area contributed by atoms with Crippen LogP contribution in [0.1, 0.15) is 168 Å². The molecule has 0 fully saturated rings. The van der Waals surface area contributed by atoms with Gasteiger partial charge in [-0.25, -0.2) is 0 Å². The molecule has 2 atom stereocenters. The topological polar surface area (TPSA) is 83.8 Å². The Bertz CT molecular complexity index is 493. The predicted octanol–water partition coefficient (Wildman–Crippen LogP) is 8.22. The van der Waals surface area contributed by atoms with Crippen LogP contribution in [0.3, 0.4) is 0 Å². The fraction of sp³-hybridized carbons (Fsp3) is 0.935. The molecule has 0 aliphatic heterocycles. The lowest BCUT2D eigenvalue weighted by atomic mass is 10.0. The van der Waals surface area contributed by atoms with Gasteiger partial charge in [-0.1, -0.05) is 142 Å². The van der Waals surface area contributed by atoms with E-state index in [-0.39, 0.29) is 18.6 Å². The van der Waals surface area contributed by atoms with Crippen LogP contribution in [0.5, 0.6) is 0 Å². The maximum absolute atomic E-state index is 12.3. The Morgan fingerprint density at radius 2 is 0.889 bits per heavy atom. The Morgan fingerprint density at radius 1 is 0.556 bits per heavy atom. The van der Waals surface area contributed by atoms with E-state index in [1.165, 1.54) is 103 Å². The van der Waals surface area contributed by atoms with Crippen molar-refractivity contribution in [3.05, 3.63) is 0 Å². The quantitative estimate of drug-likeness (QED) is 0.0814. The van der Waals surface area contributed by atoms with Gasteiger partial charge in [-0.3, -0.25) is 9.59 Å². The molecule has 2 unspecified atom stereocenters. The van der Waals surface area contributed by atoms with Crippen molar-refractivity contribution in [2.75, 3.05) is 6.61 Å². The first kappa shape index (κ1) is 35.1. The van der Waals surface area contributed by atoms with Gasteiger partial charge in [0.15, 0.2) is 18.0 Å². The van der Waals surface area contributed by atoms with E-state index in [0.29, 0.717) is 0 Å². The average Bonchev–Trinajstić information content (AvgIpc) is 2.88. The molecular weight excluding hydrogens is 452 g/mol. The summed E-state index contributed by atoms with van der Waals surface area (Å²) in [5.41, 5.74) is 0. The molecule has 0 aliphatic rings. The largest absolute Gasteiger partial charge is 0.457 e. The van der Waals surface area contributed by atoms with Crippen LogP contribution in [-0.2, 0) is 14.3 Å². The number of rotatable bonds is 28. The standard InChI is InChI=1S/C31H60O5/c1-3-5-7-9-11-13-15-17-19-21-23-25-28(33)31(35)29(27-32)36-30(34)26-24-22-20-18-16-14-12-10-8-6-4-2/h29,31-32,35H,3-27H2,1-2H3. The molecule has 0 spiro atoms. The zero-order chi connectivity index (χ0) is 26.7. The molecule has 5 nitrogen and oxygen atoms in total. The van der Waals surface area contributed by atoms with Gasteiger partial charge in [0.1, 0.15) is 0 Å². The third-order valence-corrected chi connectivity index (χ3v) is 7.16. The summed E-state index contributed by atoms with van der Waals surface area (Å²) in [4.78, 5) is 24.4. The Labute approximate surface area is 223 Å². The van der Waals surface area contributed by atoms with E-state index in [1.807, 2.05) is 0 Å². The monoisotopic (exact) mass is 512 g/mol. The molecule has 36 heavy (non-hydrogen) atoms. The van der Waals surface area contributed by atoms with Crippen LogP contribution >= 0.6 is 0 Å². The van der Waals surface area contributed by atoms with Crippen molar-refractivity contribution in [3.8, 4) is 0 Å². The van der Waals surface area contributed by atoms with Crippen LogP contribution in [0.2, 0.25) is 0 Å². The van der Waals surface area contributed by atoms with Crippen molar-refractivity contribution in [2.24, 2.45) is 0 Å². The Morgan fingerprint density at radius 3 is 1.25 bits per heavy atom. The summed E-state index contributed by atoms with van der Waals surface area (Å²) in [6.45, 7) is 3.94. The number of unbranched alkanes of at least 4 members (excludes halogenated alkanes) is 20. The highest BCUT2D eigenvalue weighted by Gasteiger charge is 2.28. The first-order chi connectivity index (χ1) is 17.6. The summed E-state index contributed by atoms with van der Waals surface area (Å²) in [5, 5.41) is 19.8. The maximum Gasteiger partial charge on any atom is 0.306 e. The zero-order valence-electron chi connectivity index (χ0n) is 24.0. The van der Waals surface area contributed by atoms with Crippen LogP contribution in [0.25, 0.3) is 0 Å². The molecule has 214 valence electrons. The number of carbonyl (C=O) groups is 2. The second-order valence-electron chi connectivity index (χ2n) is 10.7. The molecular formula is C31H60O5. The second-order valence-corrected chi connectivity index (χ2v) is 10.7. The molecule has 0 bridgehead atoms. The molecule has 0 saturated carbocycles. The lowest BCUT2D eigenvalue weighted by Gasteiger charge is -2.20. The minimum absolute atomic E-state index is 0.269. The number of hydrogen-bond acceptors (Lipinski definition) is 5. The fourth-order valence-electron chi connectivity index (χ4n) is 4.68. The van der Waals surface area contributed by atoms with Crippen molar-refractivity contribution < 1.29 is 24.5 Å². The molecule has 0 saturated heterocycles. The van der Waals surface area contributed by atoms with Gasteiger partial charge in [-0.15, -0.1) is 0 Å². The van der Waals surface area contributed by atoms with E-state index >= 15 is 0 Å². The SMILES string of the molecule is CCCCCCCCCCCCCC(=O)OC(CO)C(O)C(=O)CCCCCCCCCCCCC. The minimum Gasteiger partial charge on any atom is -0.457 e. The summed E-state index contributed by atoms with van der Waals surface area (Å²) in [6, 6.07) is 0. The Hall–Kier alpha value is -0.940. The number of ketones is 1. The molecule has 0 aromatic rings. The smallest absolute Gasteiger partial charge is 0.306 e. The molecule has 0 amide bonds. The minimum atomic E-state index is -1.43. The van der Waals surface area contributed by atoms with E-state index in [4.69, 9.17) is 4.74 Å². The van der Waals surface area contributed by atoms with E-state index in [9.17, 15) is 19.8 Å². The van der Waals surface area contributed by atoms with E-state index in [2.05, 4.69) is 13.8 Å². The Balaban J connectivity index is 3.75. The second kappa shape index (κ2) is 27.1. The molecule has 0 radical (unpaired) electrons. The normalized spacial score (nSPS) is 13.0. The zero-order valence-corrected chi connectivity index (χ0v) is 24.0. The highest BCUT2D eigenvalue weighted by atomic mass is 16.6. The van der Waals surface area contributed by atoms with Crippen molar-refractivity contribution >= 4 is 11.8 Å². The molecule has 5 heteroatoms. The number of aliphatic hydroxyl groups excluding tert-OH is 2. The van der Waals surface area contributed by atoms with Crippen LogP contribution in [-0.4, -0.2) is 40.8 Å². The van der Waals surface area contributed by atoms with Crippen molar-refractivity contribution in [3.63, 3.8) is 0 Å². The number of ether oxygens (including phenoxy) is 1. The first-order valence-electron chi connectivity index (χ1n) is 15.6. The van der Waals surface area contributed by atoms with Crippen molar-refractivity contribution in [2.45, 2.75) is 180 Å². The van der Waals surface area contributed by atoms with E-state index in [0.717, 1.165) is 38.5 Å². The number of aliphatic hydroxyl groups is 2. The molecule has 0 aromatic heterocycles. The van der Waals surface area contributed by atoms with Gasteiger partial charge in [-0.05, 0) is 12.8 Å². The van der Waals surface area contributed by atoms with Gasteiger partial charge in [0.25, 0.3) is 0 Å². The van der Waals surface area contributed by atoms with Gasteiger partial charge < -0.3 is 14.9 Å². The van der Waals surface area contributed by atoms with Crippen LogP contribution in [0, 0.1) is 0 Å². The average molecular weight is 513 g/mol. The lowest BCUT2D eigenvalue weighted by Crippen LogP contribution is -2.40. The number of Topliss-reactive ketones (excluding diaryl/α,β-unsaturated/α-hetero) is 1. The van der Waals surface area contributed by atoms with E-state index in [1.54, 1.807) is 0 Å². The third kappa shape index (κ3) is 22.3. The number of carbonyl (C=O) groups excluding carboxylic acids is 2. The number of hydrogen-bond donors (Lipinski definition) is 2. The van der Waals surface area contributed by atoms with Gasteiger partial charge in [0, 0.05) is 12.8 Å². The highest BCUT2D eigenvalue weighted by Crippen LogP contribution is 2.15. The molecule has 0 aliphatic carbocycles. The summed E-state index contributed by atoms with van der Waals surface area (Å²) in [6.07, 6.45) is 24.4. The lowest BCUT2D eigenvalue weighted by molar-refractivity contribution is -0.161. The van der Waals surface area contributed by atoms with Crippen molar-refractivity contribution in [1.29, 1.82) is 0 Å².